The molecular formula is C18H31NO. The predicted molar refractivity (Wildman–Crippen MR) is 87.4 cm³/mol. The number of para-hydroxylation sites is 1. The van der Waals surface area contributed by atoms with Crippen molar-refractivity contribution in [2.75, 3.05) is 20.2 Å². The van der Waals surface area contributed by atoms with E-state index in [0.717, 1.165) is 31.2 Å². The van der Waals surface area contributed by atoms with Crippen molar-refractivity contribution >= 4 is 0 Å². The zero-order chi connectivity index (χ0) is 14.8. The molecule has 20 heavy (non-hydrogen) atoms. The topological polar surface area (TPSA) is 21.3 Å². The third kappa shape index (κ3) is 5.54. The van der Waals surface area contributed by atoms with Crippen LogP contribution in [0.4, 0.5) is 0 Å². The Labute approximate surface area is 124 Å². The summed E-state index contributed by atoms with van der Waals surface area (Å²) < 4.78 is 5.49. The number of nitrogens with one attached hydrogen (secondary N) is 1. The molecule has 0 radical (unpaired) electrons. The van der Waals surface area contributed by atoms with Crippen molar-refractivity contribution in [2.24, 2.45) is 11.8 Å². The van der Waals surface area contributed by atoms with E-state index in [-0.39, 0.29) is 0 Å². The fourth-order valence-corrected chi connectivity index (χ4v) is 2.86. The van der Waals surface area contributed by atoms with Gasteiger partial charge < -0.3 is 10.1 Å². The Morgan fingerprint density at radius 1 is 1.05 bits per heavy atom. The van der Waals surface area contributed by atoms with Crippen LogP contribution < -0.4 is 10.1 Å². The zero-order valence-corrected chi connectivity index (χ0v) is 13.6. The molecule has 0 saturated carbocycles. The van der Waals surface area contributed by atoms with Crippen LogP contribution in [0, 0.1) is 11.8 Å². The van der Waals surface area contributed by atoms with Gasteiger partial charge in [0.25, 0.3) is 0 Å². The first kappa shape index (κ1) is 17.0. The fourth-order valence-electron chi connectivity index (χ4n) is 2.86. The highest BCUT2D eigenvalue weighted by Crippen LogP contribution is 2.26. The quantitative estimate of drug-likeness (QED) is 0.689. The van der Waals surface area contributed by atoms with E-state index in [1.54, 1.807) is 7.11 Å². The second-order valence-corrected chi connectivity index (χ2v) is 5.61. The first-order valence-corrected chi connectivity index (χ1v) is 8.07. The second kappa shape index (κ2) is 9.82. The number of ether oxygens (including phenoxy) is 1. The molecule has 0 bridgehead atoms. The first-order valence-electron chi connectivity index (χ1n) is 8.07. The fraction of sp³-hybridized carbons (Fsp3) is 0.667. The van der Waals surface area contributed by atoms with E-state index in [1.807, 2.05) is 6.07 Å². The molecule has 0 fully saturated rings. The van der Waals surface area contributed by atoms with Crippen LogP contribution in [-0.4, -0.2) is 20.2 Å². The molecule has 1 N–H and O–H groups in total. The third-order valence-electron chi connectivity index (χ3n) is 4.21. The van der Waals surface area contributed by atoms with E-state index in [9.17, 15) is 0 Å². The zero-order valence-electron chi connectivity index (χ0n) is 13.6. The van der Waals surface area contributed by atoms with Crippen molar-refractivity contribution < 1.29 is 4.74 Å². The van der Waals surface area contributed by atoms with Crippen LogP contribution >= 0.6 is 0 Å². The summed E-state index contributed by atoms with van der Waals surface area (Å²) in [4.78, 5) is 0. The lowest BCUT2D eigenvalue weighted by Crippen LogP contribution is -2.26. The number of hydrogen-bond acceptors (Lipinski definition) is 2. The highest BCUT2D eigenvalue weighted by Gasteiger charge is 2.16. The van der Waals surface area contributed by atoms with Crippen molar-refractivity contribution in [3.8, 4) is 5.75 Å². The molecule has 2 nitrogen and oxygen atoms in total. The Morgan fingerprint density at radius 3 is 2.35 bits per heavy atom. The van der Waals surface area contributed by atoms with Gasteiger partial charge in [-0.2, -0.15) is 0 Å². The normalized spacial score (nSPS) is 12.7. The van der Waals surface area contributed by atoms with Gasteiger partial charge in [-0.25, -0.2) is 0 Å². The molecule has 1 unspecified atom stereocenters. The Bertz CT molecular complexity index is 360. The van der Waals surface area contributed by atoms with Crippen molar-refractivity contribution in [2.45, 2.75) is 46.5 Å². The van der Waals surface area contributed by atoms with Gasteiger partial charge in [-0.15, -0.1) is 0 Å². The minimum absolute atomic E-state index is 0.691. The molecule has 0 amide bonds. The lowest BCUT2D eigenvalue weighted by Gasteiger charge is -2.23. The summed E-state index contributed by atoms with van der Waals surface area (Å²) in [7, 11) is 1.76. The molecule has 0 saturated heterocycles. The molecular weight excluding hydrogens is 246 g/mol. The third-order valence-corrected chi connectivity index (χ3v) is 4.21. The number of hydrogen-bond donors (Lipinski definition) is 1. The van der Waals surface area contributed by atoms with Crippen molar-refractivity contribution in [1.82, 2.24) is 5.32 Å². The van der Waals surface area contributed by atoms with Crippen LogP contribution in [0.25, 0.3) is 0 Å². The van der Waals surface area contributed by atoms with Crippen molar-refractivity contribution in [3.05, 3.63) is 29.8 Å². The summed E-state index contributed by atoms with van der Waals surface area (Å²) in [5.41, 5.74) is 1.34. The highest BCUT2D eigenvalue weighted by atomic mass is 16.5. The van der Waals surface area contributed by atoms with Gasteiger partial charge in [-0.05, 0) is 49.4 Å². The maximum absolute atomic E-state index is 5.49. The maximum Gasteiger partial charge on any atom is 0.122 e. The van der Waals surface area contributed by atoms with Gasteiger partial charge in [0.1, 0.15) is 5.75 Å². The van der Waals surface area contributed by atoms with E-state index < -0.39 is 0 Å². The molecule has 1 aromatic carbocycles. The minimum atomic E-state index is 0.691. The Hall–Kier alpha value is -1.02. The Morgan fingerprint density at radius 2 is 1.75 bits per heavy atom. The molecule has 1 aromatic rings. The number of rotatable bonds is 10. The summed E-state index contributed by atoms with van der Waals surface area (Å²) in [5.74, 6) is 2.56. The standard InChI is InChI=1S/C18H31NO/c1-5-15(6-2)12-16(14-19-7-3)13-17-10-8-9-11-18(17)20-4/h8-11,15-16,19H,5-7,12-14H2,1-4H3. The van der Waals surface area contributed by atoms with Crippen molar-refractivity contribution in [3.63, 3.8) is 0 Å². The molecule has 1 rings (SSSR count). The average Bonchev–Trinajstić information content (AvgIpc) is 2.50. The van der Waals surface area contributed by atoms with E-state index in [4.69, 9.17) is 4.74 Å². The van der Waals surface area contributed by atoms with Crippen LogP contribution in [0.3, 0.4) is 0 Å². The monoisotopic (exact) mass is 277 g/mol. The molecule has 0 aliphatic rings. The largest absolute Gasteiger partial charge is 0.496 e. The molecule has 0 heterocycles. The van der Waals surface area contributed by atoms with Crippen LogP contribution in [0.5, 0.6) is 5.75 Å². The van der Waals surface area contributed by atoms with E-state index in [0.29, 0.717) is 5.92 Å². The smallest absolute Gasteiger partial charge is 0.122 e. The second-order valence-electron chi connectivity index (χ2n) is 5.61. The summed E-state index contributed by atoms with van der Waals surface area (Å²) in [6.45, 7) is 8.94. The van der Waals surface area contributed by atoms with Crippen molar-refractivity contribution in [1.29, 1.82) is 0 Å². The van der Waals surface area contributed by atoms with Gasteiger partial charge in [-0.1, -0.05) is 51.8 Å². The summed E-state index contributed by atoms with van der Waals surface area (Å²) >= 11 is 0. The summed E-state index contributed by atoms with van der Waals surface area (Å²) in [6, 6.07) is 8.42. The van der Waals surface area contributed by atoms with Gasteiger partial charge in [0, 0.05) is 0 Å². The average molecular weight is 277 g/mol. The lowest BCUT2D eigenvalue weighted by molar-refractivity contribution is 0.335. The van der Waals surface area contributed by atoms with E-state index in [2.05, 4.69) is 44.3 Å². The maximum atomic E-state index is 5.49. The SMILES string of the molecule is CCNCC(Cc1ccccc1OC)CC(CC)CC. The summed E-state index contributed by atoms with van der Waals surface area (Å²) in [5, 5.41) is 3.52. The van der Waals surface area contributed by atoms with E-state index in [1.165, 1.54) is 24.8 Å². The number of benzene rings is 1. The molecule has 0 aromatic heterocycles. The first-order chi connectivity index (χ1) is 9.74. The van der Waals surface area contributed by atoms with Gasteiger partial charge in [0.2, 0.25) is 0 Å². The lowest BCUT2D eigenvalue weighted by atomic mass is 9.86. The van der Waals surface area contributed by atoms with Crippen LogP contribution in [0.15, 0.2) is 24.3 Å². The molecule has 114 valence electrons. The Balaban J connectivity index is 2.72. The van der Waals surface area contributed by atoms with Gasteiger partial charge in [-0.3, -0.25) is 0 Å². The van der Waals surface area contributed by atoms with E-state index >= 15 is 0 Å². The van der Waals surface area contributed by atoms with Crippen LogP contribution in [0.1, 0.15) is 45.6 Å². The molecule has 1 atom stereocenters. The predicted octanol–water partition coefficient (Wildman–Crippen LogP) is 4.29. The minimum Gasteiger partial charge on any atom is -0.496 e. The van der Waals surface area contributed by atoms with Gasteiger partial charge >= 0.3 is 0 Å². The summed E-state index contributed by atoms with van der Waals surface area (Å²) in [6.07, 6.45) is 4.97. The number of methoxy groups -OCH3 is 1. The molecule has 0 aliphatic heterocycles. The Kier molecular flexibility index (Phi) is 8.36. The molecule has 0 aliphatic carbocycles. The van der Waals surface area contributed by atoms with Crippen LogP contribution in [-0.2, 0) is 6.42 Å². The highest BCUT2D eigenvalue weighted by molar-refractivity contribution is 5.33. The van der Waals surface area contributed by atoms with Crippen LogP contribution in [0.2, 0.25) is 0 Å². The molecule has 2 heteroatoms. The molecule has 0 spiro atoms. The van der Waals surface area contributed by atoms with Gasteiger partial charge in [0.15, 0.2) is 0 Å². The van der Waals surface area contributed by atoms with Gasteiger partial charge in [0.05, 0.1) is 7.11 Å².